The molecule has 1 N–H and O–H groups in total. The Hall–Kier alpha value is -4.17. The molecule has 4 heterocycles. The molecule has 0 saturated carbocycles. The van der Waals surface area contributed by atoms with Crippen molar-refractivity contribution in [3.63, 3.8) is 0 Å². The zero-order chi connectivity index (χ0) is 29.6. The van der Waals surface area contributed by atoms with Crippen LogP contribution in [0.4, 0.5) is 4.79 Å². The predicted octanol–water partition coefficient (Wildman–Crippen LogP) is 5.34. The van der Waals surface area contributed by atoms with E-state index in [0.717, 1.165) is 68.5 Å². The van der Waals surface area contributed by atoms with Crippen LogP contribution in [-0.2, 0) is 4.74 Å². The maximum Gasteiger partial charge on any atom is 0.408 e. The maximum absolute atomic E-state index is 13.1. The summed E-state index contributed by atoms with van der Waals surface area (Å²) in [4.78, 5) is 41.2. The van der Waals surface area contributed by atoms with E-state index in [1.807, 2.05) is 59.5 Å². The molecule has 43 heavy (non-hydrogen) atoms. The minimum atomic E-state index is -0.389. The molecule has 2 bridgehead atoms. The lowest BCUT2D eigenvalue weighted by molar-refractivity contribution is -0.0336. The number of piperidine rings is 4. The Balaban J connectivity index is 1.05. The van der Waals surface area contributed by atoms with Gasteiger partial charge in [-0.05, 0) is 86.0 Å². The first-order valence-corrected chi connectivity index (χ1v) is 15.4. The second-order valence-electron chi connectivity index (χ2n) is 11.9. The van der Waals surface area contributed by atoms with E-state index in [0.29, 0.717) is 42.7 Å². The Kier molecular flexibility index (Phi) is 9.03. The number of likely N-dealkylation sites (tertiary alicyclic amines) is 1. The number of amides is 2. The Morgan fingerprint density at radius 1 is 0.860 bits per heavy atom. The zero-order valence-corrected chi connectivity index (χ0v) is 24.4. The predicted molar refractivity (Wildman–Crippen MR) is 163 cm³/mol. The number of ether oxygens (including phenoxy) is 2. The minimum Gasteiger partial charge on any atom is -0.493 e. The van der Waals surface area contributed by atoms with Crippen molar-refractivity contribution in [2.45, 2.75) is 37.8 Å². The smallest absolute Gasteiger partial charge is 0.408 e. The van der Waals surface area contributed by atoms with Crippen molar-refractivity contribution in [3.05, 3.63) is 101 Å². The fraction of sp³-hybridized carbons (Fsp3) is 0.400. The molecule has 0 unspecified atom stereocenters. The topological polar surface area (TPSA) is 88.2 Å². The number of nitrogens with zero attached hydrogens (tertiary/aromatic N) is 2. The molecule has 3 aromatic carbocycles. The Morgan fingerprint density at radius 3 is 2.26 bits per heavy atom. The number of fused-ring (bicyclic) bond motifs is 3. The molecule has 4 aliphatic heterocycles. The number of aldehydes is 1. The summed E-state index contributed by atoms with van der Waals surface area (Å²) in [5, 5.41) is 3.13. The Labute approximate surface area is 253 Å². The summed E-state index contributed by atoms with van der Waals surface area (Å²) in [5.41, 5.74) is 3.07. The van der Waals surface area contributed by atoms with E-state index in [2.05, 4.69) is 10.2 Å². The maximum atomic E-state index is 13.1. The fourth-order valence-electron chi connectivity index (χ4n) is 6.53. The van der Waals surface area contributed by atoms with Gasteiger partial charge in [0.1, 0.15) is 18.1 Å². The molecule has 0 aliphatic carbocycles. The molecular formula is C35H39N3O5. The van der Waals surface area contributed by atoms with Gasteiger partial charge in [-0.2, -0.15) is 0 Å². The molecular weight excluding hydrogens is 542 g/mol. The van der Waals surface area contributed by atoms with Crippen molar-refractivity contribution in [3.8, 4) is 5.75 Å². The molecule has 224 valence electrons. The number of alkyl carbamates (subject to hydrolysis) is 1. The van der Waals surface area contributed by atoms with E-state index in [-0.39, 0.29) is 24.1 Å². The Morgan fingerprint density at radius 2 is 1.58 bits per heavy atom. The highest BCUT2D eigenvalue weighted by molar-refractivity contribution is 5.95. The van der Waals surface area contributed by atoms with Crippen LogP contribution >= 0.6 is 0 Å². The Bertz CT molecular complexity index is 1400. The molecule has 8 heteroatoms. The van der Waals surface area contributed by atoms with E-state index >= 15 is 0 Å². The normalized spacial score (nSPS) is 22.4. The van der Waals surface area contributed by atoms with E-state index in [1.165, 1.54) is 0 Å². The van der Waals surface area contributed by atoms with Crippen molar-refractivity contribution < 1.29 is 23.9 Å². The third-order valence-corrected chi connectivity index (χ3v) is 9.12. The lowest BCUT2D eigenvalue weighted by Crippen LogP contribution is -2.52. The van der Waals surface area contributed by atoms with E-state index < -0.39 is 0 Å². The standard InChI is InChI=1S/C35H39N3O5/c39-23-25-9-11-29(12-10-25)34(40)38-19-13-26(14-20-38)24-42-31-8-4-7-30(21-31)33(28-5-2-1-3-6-28)36-35(41)43-32-22-37-17-15-27(32)16-18-37/h1-12,21,23,26-27,32-33H,13-20,22,24H2,(H,36,41)/t32-,33-/m0/s1. The summed E-state index contributed by atoms with van der Waals surface area (Å²) in [6.07, 6.45) is 4.23. The summed E-state index contributed by atoms with van der Waals surface area (Å²) < 4.78 is 12.2. The zero-order valence-electron chi connectivity index (χ0n) is 24.4. The quantitative estimate of drug-likeness (QED) is 0.343. The van der Waals surface area contributed by atoms with E-state index in [1.54, 1.807) is 24.3 Å². The van der Waals surface area contributed by atoms with Crippen LogP contribution in [0.3, 0.4) is 0 Å². The molecule has 8 nitrogen and oxygen atoms in total. The third-order valence-electron chi connectivity index (χ3n) is 9.12. The van der Waals surface area contributed by atoms with E-state index in [9.17, 15) is 14.4 Å². The number of benzene rings is 3. The van der Waals surface area contributed by atoms with Crippen molar-refractivity contribution in [2.75, 3.05) is 39.3 Å². The number of carbonyl (C=O) groups is 3. The van der Waals surface area contributed by atoms with Gasteiger partial charge >= 0.3 is 6.09 Å². The van der Waals surface area contributed by atoms with Crippen molar-refractivity contribution in [1.29, 1.82) is 0 Å². The summed E-state index contributed by atoms with van der Waals surface area (Å²) in [7, 11) is 0. The van der Waals surface area contributed by atoms with Crippen LogP contribution < -0.4 is 10.1 Å². The van der Waals surface area contributed by atoms with Gasteiger partial charge in [0, 0.05) is 30.8 Å². The average Bonchev–Trinajstić information content (AvgIpc) is 3.07. The van der Waals surface area contributed by atoms with Crippen LogP contribution in [0.25, 0.3) is 0 Å². The largest absolute Gasteiger partial charge is 0.493 e. The highest BCUT2D eigenvalue weighted by Gasteiger charge is 2.37. The van der Waals surface area contributed by atoms with E-state index in [4.69, 9.17) is 9.47 Å². The summed E-state index contributed by atoms with van der Waals surface area (Å²) in [6, 6.07) is 24.2. The van der Waals surface area contributed by atoms with Gasteiger partial charge in [-0.3, -0.25) is 14.5 Å². The third kappa shape index (κ3) is 7.08. The van der Waals surface area contributed by atoms with Crippen LogP contribution in [-0.4, -0.2) is 73.5 Å². The highest BCUT2D eigenvalue weighted by atomic mass is 16.6. The van der Waals surface area contributed by atoms with Crippen LogP contribution in [0.2, 0.25) is 0 Å². The van der Waals surface area contributed by atoms with Gasteiger partial charge in [-0.15, -0.1) is 0 Å². The van der Waals surface area contributed by atoms with Crippen LogP contribution in [0.15, 0.2) is 78.9 Å². The van der Waals surface area contributed by atoms with Gasteiger partial charge in [0.25, 0.3) is 5.91 Å². The van der Waals surface area contributed by atoms with Crippen molar-refractivity contribution >= 4 is 18.3 Å². The molecule has 2 atom stereocenters. The molecule has 0 spiro atoms. The second kappa shape index (κ2) is 13.4. The molecule has 0 radical (unpaired) electrons. The highest BCUT2D eigenvalue weighted by Crippen LogP contribution is 2.31. The molecule has 0 aromatic heterocycles. The molecule has 4 aliphatic rings. The lowest BCUT2D eigenvalue weighted by atomic mass is 9.86. The first kappa shape index (κ1) is 28.9. The van der Waals surface area contributed by atoms with Gasteiger partial charge in [0.05, 0.1) is 12.6 Å². The molecule has 7 rings (SSSR count). The summed E-state index contributed by atoms with van der Waals surface area (Å²) >= 11 is 0. The lowest BCUT2D eigenvalue weighted by Gasteiger charge is -2.43. The monoisotopic (exact) mass is 581 g/mol. The van der Waals surface area contributed by atoms with Gasteiger partial charge in [-0.1, -0.05) is 54.6 Å². The fourth-order valence-corrected chi connectivity index (χ4v) is 6.53. The van der Waals surface area contributed by atoms with Gasteiger partial charge in [0.2, 0.25) is 0 Å². The molecule has 4 fully saturated rings. The summed E-state index contributed by atoms with van der Waals surface area (Å²) in [6.45, 7) is 4.92. The SMILES string of the molecule is O=Cc1ccc(C(=O)N2CCC(COc3cccc([C@@H](NC(=O)O[C@H]4CN5CCC4CC5)c4ccccc4)c3)CC2)cc1. The van der Waals surface area contributed by atoms with Crippen LogP contribution in [0.1, 0.15) is 63.6 Å². The first-order chi connectivity index (χ1) is 21.1. The number of hydrogen-bond acceptors (Lipinski definition) is 6. The molecule has 2 amide bonds. The molecule has 4 saturated heterocycles. The minimum absolute atomic E-state index is 0.00370. The number of nitrogens with one attached hydrogen (secondary N) is 1. The number of hydrogen-bond donors (Lipinski definition) is 1. The van der Waals surface area contributed by atoms with Crippen LogP contribution in [0.5, 0.6) is 5.75 Å². The first-order valence-electron chi connectivity index (χ1n) is 15.4. The van der Waals surface area contributed by atoms with Crippen LogP contribution in [0, 0.1) is 11.8 Å². The molecule has 3 aromatic rings. The second-order valence-corrected chi connectivity index (χ2v) is 11.9. The van der Waals surface area contributed by atoms with Gasteiger partial charge in [0.15, 0.2) is 0 Å². The van der Waals surface area contributed by atoms with Gasteiger partial charge < -0.3 is 19.7 Å². The number of rotatable bonds is 9. The van der Waals surface area contributed by atoms with Crippen molar-refractivity contribution in [1.82, 2.24) is 15.1 Å². The summed E-state index contributed by atoms with van der Waals surface area (Å²) in [5.74, 6) is 1.53. The van der Waals surface area contributed by atoms with Crippen molar-refractivity contribution in [2.24, 2.45) is 11.8 Å². The number of carbonyl (C=O) groups excluding carboxylic acids is 3. The van der Waals surface area contributed by atoms with Gasteiger partial charge in [-0.25, -0.2) is 4.79 Å². The average molecular weight is 582 g/mol.